The maximum absolute atomic E-state index is 12.8. The van der Waals surface area contributed by atoms with Gasteiger partial charge in [0, 0.05) is 35.8 Å². The highest BCUT2D eigenvalue weighted by molar-refractivity contribution is 5.96. The first-order valence-corrected chi connectivity index (χ1v) is 13.2. The van der Waals surface area contributed by atoms with E-state index in [1.165, 1.54) is 12.1 Å². The molecule has 5 rings (SSSR count). The summed E-state index contributed by atoms with van der Waals surface area (Å²) < 4.78 is 31.2. The fourth-order valence-electron chi connectivity index (χ4n) is 5.04. The summed E-state index contributed by atoms with van der Waals surface area (Å²) in [5.41, 5.74) is 4.46. The van der Waals surface area contributed by atoms with Crippen molar-refractivity contribution < 1.29 is 18.3 Å². The Morgan fingerprint density at radius 2 is 1.97 bits per heavy atom. The first-order chi connectivity index (χ1) is 18.9. The van der Waals surface area contributed by atoms with Gasteiger partial charge in [-0.3, -0.25) is 9.20 Å². The van der Waals surface area contributed by atoms with Crippen molar-refractivity contribution in [3.05, 3.63) is 72.2 Å². The molecule has 0 spiro atoms. The van der Waals surface area contributed by atoms with Crippen molar-refractivity contribution in [1.29, 1.82) is 0 Å². The Morgan fingerprint density at radius 1 is 1.18 bits per heavy atom. The summed E-state index contributed by atoms with van der Waals surface area (Å²) in [6.07, 6.45) is 7.27. The van der Waals surface area contributed by atoms with Crippen molar-refractivity contribution in [3.8, 4) is 17.0 Å². The molecule has 1 amide bonds. The lowest BCUT2D eigenvalue weighted by Gasteiger charge is -2.34. The largest absolute Gasteiger partial charge is 0.435 e. The van der Waals surface area contributed by atoms with Gasteiger partial charge in [-0.05, 0) is 86.3 Å². The number of carbonyl (C=O) groups excluding carboxylic acids is 1. The topological polar surface area (TPSA) is 92.6 Å². The Labute approximate surface area is 225 Å². The number of amides is 1. The monoisotopic (exact) mass is 534 g/mol. The molecule has 10 heteroatoms. The standard InChI is InChI=1S/C29H32F2N6O2/c1-3-19(21-15-32-16-21)10-11-34-28(38)24-9-6-22(14-18(24)2)36-26-27-35-17-25(37(27)13-12-33-26)20-4-7-23(8-5-20)39-29(30)31/h4-9,12-14,17,19,21,29,32H,3,10-11,15-16H2,1-2H3,(H,33,36)(H,34,38). The van der Waals surface area contributed by atoms with E-state index in [1.807, 2.05) is 29.5 Å². The quantitative estimate of drug-likeness (QED) is 0.238. The van der Waals surface area contributed by atoms with E-state index in [9.17, 15) is 13.6 Å². The number of nitrogens with one attached hydrogen (secondary N) is 3. The van der Waals surface area contributed by atoms with Gasteiger partial charge in [-0.2, -0.15) is 8.78 Å². The Balaban J connectivity index is 1.26. The van der Waals surface area contributed by atoms with Crippen LogP contribution in [0.1, 0.15) is 35.7 Å². The van der Waals surface area contributed by atoms with Crippen molar-refractivity contribution in [1.82, 2.24) is 25.0 Å². The molecule has 204 valence electrons. The number of ether oxygens (including phenoxy) is 1. The van der Waals surface area contributed by atoms with E-state index in [4.69, 9.17) is 0 Å². The molecule has 8 nitrogen and oxygen atoms in total. The van der Waals surface area contributed by atoms with Crippen LogP contribution < -0.4 is 20.7 Å². The summed E-state index contributed by atoms with van der Waals surface area (Å²) in [4.78, 5) is 21.8. The molecule has 1 saturated heterocycles. The molecule has 0 aliphatic carbocycles. The average molecular weight is 535 g/mol. The highest BCUT2D eigenvalue weighted by Gasteiger charge is 2.25. The maximum Gasteiger partial charge on any atom is 0.387 e. The zero-order valence-electron chi connectivity index (χ0n) is 22.0. The van der Waals surface area contributed by atoms with Crippen molar-refractivity contribution in [2.24, 2.45) is 11.8 Å². The number of aryl methyl sites for hydroxylation is 1. The number of imidazole rings is 1. The number of aromatic nitrogens is 3. The van der Waals surface area contributed by atoms with Crippen molar-refractivity contribution in [2.45, 2.75) is 33.3 Å². The number of hydrogen-bond donors (Lipinski definition) is 3. The van der Waals surface area contributed by atoms with Crippen LogP contribution in [0.4, 0.5) is 20.3 Å². The van der Waals surface area contributed by atoms with Gasteiger partial charge in [0.1, 0.15) is 5.75 Å². The van der Waals surface area contributed by atoms with Crippen LogP contribution >= 0.6 is 0 Å². The van der Waals surface area contributed by atoms with E-state index in [0.29, 0.717) is 29.5 Å². The Bertz CT molecular complexity index is 1440. The highest BCUT2D eigenvalue weighted by Crippen LogP contribution is 2.28. The van der Waals surface area contributed by atoms with E-state index < -0.39 is 6.61 Å². The first kappa shape index (κ1) is 26.6. The molecule has 1 unspecified atom stereocenters. The maximum atomic E-state index is 12.8. The lowest BCUT2D eigenvalue weighted by atomic mass is 9.83. The lowest BCUT2D eigenvalue weighted by molar-refractivity contribution is -0.0498. The number of rotatable bonds is 11. The summed E-state index contributed by atoms with van der Waals surface area (Å²) in [7, 11) is 0. The van der Waals surface area contributed by atoms with E-state index in [2.05, 4.69) is 37.6 Å². The molecule has 2 aromatic carbocycles. The van der Waals surface area contributed by atoms with Crippen molar-refractivity contribution in [3.63, 3.8) is 0 Å². The predicted molar refractivity (Wildman–Crippen MR) is 147 cm³/mol. The molecule has 39 heavy (non-hydrogen) atoms. The third kappa shape index (κ3) is 6.01. The SMILES string of the molecule is CCC(CCNC(=O)c1ccc(Nc2nccn3c(-c4ccc(OC(F)F)cc4)cnc23)cc1C)C1CNC1. The van der Waals surface area contributed by atoms with Gasteiger partial charge in [0.15, 0.2) is 11.5 Å². The molecule has 1 atom stereocenters. The molecule has 1 aliphatic heterocycles. The van der Waals surface area contributed by atoms with E-state index in [-0.39, 0.29) is 11.7 Å². The number of carbonyl (C=O) groups is 1. The minimum atomic E-state index is -2.87. The Hall–Kier alpha value is -4.05. The summed E-state index contributed by atoms with van der Waals surface area (Å²) in [5.74, 6) is 1.93. The van der Waals surface area contributed by atoms with Crippen molar-refractivity contribution in [2.75, 3.05) is 25.0 Å². The van der Waals surface area contributed by atoms with Gasteiger partial charge < -0.3 is 20.7 Å². The van der Waals surface area contributed by atoms with Crippen LogP contribution in [0.25, 0.3) is 16.9 Å². The minimum Gasteiger partial charge on any atom is -0.435 e. The number of nitrogens with zero attached hydrogens (tertiary/aromatic N) is 3. The molecule has 3 heterocycles. The Kier molecular flexibility index (Phi) is 8.02. The average Bonchev–Trinajstić information content (AvgIpc) is 3.32. The number of hydrogen-bond acceptors (Lipinski definition) is 6. The van der Waals surface area contributed by atoms with Crippen LogP contribution in [0.3, 0.4) is 0 Å². The van der Waals surface area contributed by atoms with Gasteiger partial charge in [-0.1, -0.05) is 13.3 Å². The van der Waals surface area contributed by atoms with Crippen LogP contribution in [0.2, 0.25) is 0 Å². The second-order valence-corrected chi connectivity index (χ2v) is 9.80. The summed E-state index contributed by atoms with van der Waals surface area (Å²) >= 11 is 0. The van der Waals surface area contributed by atoms with Crippen LogP contribution in [0.15, 0.2) is 61.1 Å². The zero-order valence-corrected chi connectivity index (χ0v) is 22.0. The fraction of sp³-hybridized carbons (Fsp3) is 0.345. The van der Waals surface area contributed by atoms with Gasteiger partial charge >= 0.3 is 6.61 Å². The molecule has 0 saturated carbocycles. The summed E-state index contributed by atoms with van der Waals surface area (Å²) in [6.45, 7) is 4.09. The van der Waals surface area contributed by atoms with Crippen molar-refractivity contribution >= 4 is 23.1 Å². The molecule has 0 bridgehead atoms. The van der Waals surface area contributed by atoms with Gasteiger partial charge in [-0.15, -0.1) is 0 Å². The van der Waals surface area contributed by atoms with E-state index in [1.54, 1.807) is 30.7 Å². The molecular weight excluding hydrogens is 502 g/mol. The molecule has 1 fully saturated rings. The van der Waals surface area contributed by atoms with Gasteiger partial charge in [0.2, 0.25) is 0 Å². The molecule has 3 N–H and O–H groups in total. The minimum absolute atomic E-state index is 0.0660. The van der Waals surface area contributed by atoms with Gasteiger partial charge in [0.05, 0.1) is 11.9 Å². The third-order valence-corrected chi connectivity index (χ3v) is 7.34. The summed E-state index contributed by atoms with van der Waals surface area (Å²) in [6, 6.07) is 12.0. The molecule has 4 aromatic rings. The smallest absolute Gasteiger partial charge is 0.387 e. The van der Waals surface area contributed by atoms with Crippen LogP contribution in [0, 0.1) is 18.8 Å². The molecule has 0 radical (unpaired) electrons. The van der Waals surface area contributed by atoms with E-state index in [0.717, 1.165) is 54.4 Å². The summed E-state index contributed by atoms with van der Waals surface area (Å²) in [5, 5.41) is 9.71. The number of halogens is 2. The van der Waals surface area contributed by atoms with Crippen LogP contribution in [-0.2, 0) is 0 Å². The number of fused-ring (bicyclic) bond motifs is 1. The second kappa shape index (κ2) is 11.8. The number of alkyl halides is 2. The van der Waals surface area contributed by atoms with Gasteiger partial charge in [-0.25, -0.2) is 9.97 Å². The number of anilines is 2. The lowest BCUT2D eigenvalue weighted by Crippen LogP contribution is -2.46. The highest BCUT2D eigenvalue weighted by atomic mass is 19.3. The zero-order chi connectivity index (χ0) is 27.4. The normalized spacial score (nSPS) is 14.3. The Morgan fingerprint density at radius 3 is 2.64 bits per heavy atom. The molecular formula is C29H32F2N6O2. The van der Waals surface area contributed by atoms with Crippen LogP contribution in [0.5, 0.6) is 5.75 Å². The third-order valence-electron chi connectivity index (χ3n) is 7.34. The molecule has 2 aromatic heterocycles. The van der Waals surface area contributed by atoms with E-state index >= 15 is 0 Å². The fourth-order valence-corrected chi connectivity index (χ4v) is 5.04. The van der Waals surface area contributed by atoms with Gasteiger partial charge in [0.25, 0.3) is 5.91 Å². The number of benzene rings is 2. The molecule has 1 aliphatic rings. The first-order valence-electron chi connectivity index (χ1n) is 13.2. The van der Waals surface area contributed by atoms with Crippen LogP contribution in [-0.4, -0.2) is 46.5 Å². The predicted octanol–water partition coefficient (Wildman–Crippen LogP) is 5.42. The second-order valence-electron chi connectivity index (χ2n) is 9.80.